The lowest BCUT2D eigenvalue weighted by molar-refractivity contribution is -0.161. The van der Waals surface area contributed by atoms with E-state index in [1.165, 1.54) is 161 Å². The van der Waals surface area contributed by atoms with Crippen molar-refractivity contribution in [3.63, 3.8) is 0 Å². The Morgan fingerprint density at radius 3 is 1.15 bits per heavy atom. The highest BCUT2D eigenvalue weighted by Gasteiger charge is 2.16. The van der Waals surface area contributed by atoms with E-state index in [9.17, 15) is 14.7 Å². The maximum atomic E-state index is 12.2. The lowest BCUT2D eigenvalue weighted by atomic mass is 10.0. The van der Waals surface area contributed by atoms with Gasteiger partial charge in [0.2, 0.25) is 0 Å². The zero-order valence-electron chi connectivity index (χ0n) is 31.6. The molecular weight excluding hydrogens is 584 g/mol. The Morgan fingerprint density at radius 1 is 0.468 bits per heavy atom. The van der Waals surface area contributed by atoms with Crippen LogP contribution in [0.4, 0.5) is 0 Å². The van der Waals surface area contributed by atoms with Crippen LogP contribution in [0.2, 0.25) is 0 Å². The first kappa shape index (κ1) is 45.6. The number of esters is 2. The normalized spacial score (nSPS) is 12.1. The van der Waals surface area contributed by atoms with Crippen LogP contribution in [-0.4, -0.2) is 36.4 Å². The zero-order valence-corrected chi connectivity index (χ0v) is 31.6. The second kappa shape index (κ2) is 39.1. The number of aliphatic hydroxyl groups excluding tert-OH is 1. The van der Waals surface area contributed by atoms with E-state index in [1.807, 2.05) is 0 Å². The SMILES string of the molecule is CCCCCCCC/C=C/CCCCCCCCCCCC(=O)OC[C@H](CO)OC(=O)CCCCCCCCCCCCCCCC. The highest BCUT2D eigenvalue weighted by atomic mass is 16.6. The second-order valence-corrected chi connectivity index (χ2v) is 14.1. The van der Waals surface area contributed by atoms with Gasteiger partial charge in [0.25, 0.3) is 0 Å². The van der Waals surface area contributed by atoms with Crippen molar-refractivity contribution in [3.05, 3.63) is 12.2 Å². The van der Waals surface area contributed by atoms with Crippen molar-refractivity contribution in [3.8, 4) is 0 Å². The number of hydrogen-bond acceptors (Lipinski definition) is 5. The van der Waals surface area contributed by atoms with Gasteiger partial charge < -0.3 is 14.6 Å². The summed E-state index contributed by atoms with van der Waals surface area (Å²) in [5, 5.41) is 9.56. The molecule has 0 amide bonds. The number of carbonyl (C=O) groups is 2. The molecule has 5 nitrogen and oxygen atoms in total. The van der Waals surface area contributed by atoms with Crippen LogP contribution in [0.3, 0.4) is 0 Å². The monoisotopic (exact) mass is 665 g/mol. The highest BCUT2D eigenvalue weighted by Crippen LogP contribution is 2.15. The molecule has 1 atom stereocenters. The van der Waals surface area contributed by atoms with Gasteiger partial charge in [-0.15, -0.1) is 0 Å². The van der Waals surface area contributed by atoms with Gasteiger partial charge in [-0.2, -0.15) is 0 Å². The standard InChI is InChI=1S/C42H80O5/c1-3-5-7-9-11-13-15-17-19-20-21-22-23-25-26-28-30-32-34-36-41(44)46-39-40(38-43)47-42(45)37-35-33-31-29-27-24-18-16-14-12-10-8-6-4-2/h17,19,40,43H,3-16,18,20-39H2,1-2H3/b19-17+/t40-/m0/s1. The number of rotatable bonds is 38. The number of aliphatic hydroxyl groups is 1. The first-order chi connectivity index (χ1) is 23.1. The Balaban J connectivity index is 3.50. The van der Waals surface area contributed by atoms with Crippen molar-refractivity contribution >= 4 is 11.9 Å². The van der Waals surface area contributed by atoms with Crippen LogP contribution in [-0.2, 0) is 19.1 Å². The van der Waals surface area contributed by atoms with E-state index in [1.54, 1.807) is 0 Å². The van der Waals surface area contributed by atoms with E-state index < -0.39 is 6.10 Å². The molecule has 0 bridgehead atoms. The van der Waals surface area contributed by atoms with Crippen molar-refractivity contribution < 1.29 is 24.2 Å². The largest absolute Gasteiger partial charge is 0.462 e. The minimum Gasteiger partial charge on any atom is -0.462 e. The summed E-state index contributed by atoms with van der Waals surface area (Å²) in [5.41, 5.74) is 0. The van der Waals surface area contributed by atoms with E-state index in [2.05, 4.69) is 26.0 Å². The lowest BCUT2D eigenvalue weighted by Crippen LogP contribution is -2.28. The van der Waals surface area contributed by atoms with Gasteiger partial charge in [0.1, 0.15) is 6.61 Å². The number of carbonyl (C=O) groups excluding carboxylic acids is 2. The molecule has 0 fully saturated rings. The third kappa shape index (κ3) is 37.3. The fraction of sp³-hybridized carbons (Fsp3) is 0.905. The summed E-state index contributed by atoms with van der Waals surface area (Å²) in [4.78, 5) is 24.3. The molecule has 47 heavy (non-hydrogen) atoms. The molecule has 0 aliphatic carbocycles. The molecule has 0 aromatic heterocycles. The summed E-state index contributed by atoms with van der Waals surface area (Å²) in [7, 11) is 0. The van der Waals surface area contributed by atoms with Crippen LogP contribution in [0.25, 0.3) is 0 Å². The van der Waals surface area contributed by atoms with Gasteiger partial charge in [0, 0.05) is 12.8 Å². The minimum atomic E-state index is -0.765. The summed E-state index contributed by atoms with van der Waals surface area (Å²) in [6.07, 6.45) is 44.2. The Labute approximate surface area is 292 Å². The molecule has 0 aromatic carbocycles. The van der Waals surface area contributed by atoms with Gasteiger partial charge >= 0.3 is 11.9 Å². The summed E-state index contributed by atoms with van der Waals surface area (Å²) in [5.74, 6) is -0.581. The predicted molar refractivity (Wildman–Crippen MR) is 201 cm³/mol. The van der Waals surface area contributed by atoms with Crippen molar-refractivity contribution in [2.45, 2.75) is 232 Å². The molecule has 0 heterocycles. The molecule has 0 aromatic rings. The van der Waals surface area contributed by atoms with Crippen LogP contribution in [0.5, 0.6) is 0 Å². The van der Waals surface area contributed by atoms with Crippen molar-refractivity contribution in [2.75, 3.05) is 13.2 Å². The Hall–Kier alpha value is -1.36. The molecule has 5 heteroatoms. The van der Waals surface area contributed by atoms with Gasteiger partial charge in [0.15, 0.2) is 6.10 Å². The molecule has 0 aliphatic heterocycles. The average Bonchev–Trinajstić information content (AvgIpc) is 3.07. The molecule has 0 saturated heterocycles. The Bertz CT molecular complexity index is 676. The first-order valence-electron chi connectivity index (χ1n) is 20.7. The summed E-state index contributed by atoms with van der Waals surface area (Å²) in [6, 6.07) is 0. The second-order valence-electron chi connectivity index (χ2n) is 14.1. The molecular formula is C42H80O5. The number of allylic oxidation sites excluding steroid dienone is 2. The summed E-state index contributed by atoms with van der Waals surface area (Å²) >= 11 is 0. The zero-order chi connectivity index (χ0) is 34.3. The third-order valence-corrected chi connectivity index (χ3v) is 9.31. The maximum absolute atomic E-state index is 12.2. The van der Waals surface area contributed by atoms with Crippen molar-refractivity contribution in [1.82, 2.24) is 0 Å². The van der Waals surface area contributed by atoms with Crippen LogP contribution >= 0.6 is 0 Å². The van der Waals surface area contributed by atoms with E-state index in [0.29, 0.717) is 12.8 Å². The van der Waals surface area contributed by atoms with Gasteiger partial charge in [-0.3, -0.25) is 9.59 Å². The number of unbranched alkanes of at least 4 members (excludes halogenated alkanes) is 28. The maximum Gasteiger partial charge on any atom is 0.306 e. The molecule has 0 unspecified atom stereocenters. The number of hydrogen-bond donors (Lipinski definition) is 1. The molecule has 0 saturated carbocycles. The highest BCUT2D eigenvalue weighted by molar-refractivity contribution is 5.70. The fourth-order valence-electron chi connectivity index (χ4n) is 6.14. The van der Waals surface area contributed by atoms with Gasteiger partial charge in [-0.25, -0.2) is 0 Å². The first-order valence-corrected chi connectivity index (χ1v) is 20.7. The summed E-state index contributed by atoms with van der Waals surface area (Å²) < 4.78 is 10.6. The van der Waals surface area contributed by atoms with Crippen molar-refractivity contribution in [2.24, 2.45) is 0 Å². The van der Waals surface area contributed by atoms with Crippen molar-refractivity contribution in [1.29, 1.82) is 0 Å². The van der Waals surface area contributed by atoms with Gasteiger partial charge in [-0.05, 0) is 38.5 Å². The molecule has 1 N–H and O–H groups in total. The van der Waals surface area contributed by atoms with Gasteiger partial charge in [0.05, 0.1) is 6.61 Å². The summed E-state index contributed by atoms with van der Waals surface area (Å²) in [6.45, 7) is 4.15. The molecule has 0 aliphatic rings. The molecule has 0 spiro atoms. The van der Waals surface area contributed by atoms with E-state index in [-0.39, 0.29) is 25.2 Å². The minimum absolute atomic E-state index is 0.0608. The molecule has 0 radical (unpaired) electrons. The van der Waals surface area contributed by atoms with E-state index >= 15 is 0 Å². The van der Waals surface area contributed by atoms with E-state index in [4.69, 9.17) is 9.47 Å². The average molecular weight is 665 g/mol. The Morgan fingerprint density at radius 2 is 0.787 bits per heavy atom. The van der Waals surface area contributed by atoms with E-state index in [0.717, 1.165) is 38.5 Å². The predicted octanol–water partition coefficient (Wildman–Crippen LogP) is 12.9. The van der Waals surface area contributed by atoms with Crippen LogP contribution < -0.4 is 0 Å². The Kier molecular flexibility index (Phi) is 38.0. The third-order valence-electron chi connectivity index (χ3n) is 9.31. The topological polar surface area (TPSA) is 72.8 Å². The van der Waals surface area contributed by atoms with Gasteiger partial charge in [-0.1, -0.05) is 187 Å². The van der Waals surface area contributed by atoms with Crippen LogP contribution in [0.1, 0.15) is 226 Å². The molecule has 0 rings (SSSR count). The quantitative estimate of drug-likeness (QED) is 0.0404. The number of ether oxygens (including phenoxy) is 2. The van der Waals surface area contributed by atoms with Crippen LogP contribution in [0.15, 0.2) is 12.2 Å². The lowest BCUT2D eigenvalue weighted by Gasteiger charge is -2.15. The fourth-order valence-corrected chi connectivity index (χ4v) is 6.14. The molecule has 278 valence electrons. The smallest absolute Gasteiger partial charge is 0.306 e. The van der Waals surface area contributed by atoms with Crippen LogP contribution in [0, 0.1) is 0 Å².